The van der Waals surface area contributed by atoms with Gasteiger partial charge in [-0.2, -0.15) is 0 Å². The molecule has 0 saturated heterocycles. The molecule has 0 spiro atoms. The number of hydrogen-bond acceptors (Lipinski definition) is 4. The SMILES string of the molecule is COC(=O)[C@@H](CO)OC. The van der Waals surface area contributed by atoms with E-state index in [-0.39, 0.29) is 6.61 Å². The summed E-state index contributed by atoms with van der Waals surface area (Å²) in [6.45, 7) is -0.344. The lowest BCUT2D eigenvalue weighted by Crippen LogP contribution is -2.27. The van der Waals surface area contributed by atoms with Gasteiger partial charge >= 0.3 is 5.97 Å². The van der Waals surface area contributed by atoms with Gasteiger partial charge in [-0.15, -0.1) is 0 Å². The van der Waals surface area contributed by atoms with Crippen molar-refractivity contribution >= 4 is 5.97 Å². The zero-order valence-corrected chi connectivity index (χ0v) is 5.46. The van der Waals surface area contributed by atoms with Crippen molar-refractivity contribution in [2.45, 2.75) is 6.10 Å². The Balaban J connectivity index is 3.64. The number of ether oxygens (including phenoxy) is 2. The minimum Gasteiger partial charge on any atom is -0.467 e. The van der Waals surface area contributed by atoms with E-state index in [4.69, 9.17) is 5.11 Å². The van der Waals surface area contributed by atoms with Crippen molar-refractivity contribution in [2.75, 3.05) is 20.8 Å². The van der Waals surface area contributed by atoms with Crippen LogP contribution in [0.3, 0.4) is 0 Å². The lowest BCUT2D eigenvalue weighted by molar-refractivity contribution is -0.154. The van der Waals surface area contributed by atoms with E-state index >= 15 is 0 Å². The summed E-state index contributed by atoms with van der Waals surface area (Å²) in [7, 11) is 2.57. The van der Waals surface area contributed by atoms with E-state index in [1.165, 1.54) is 14.2 Å². The van der Waals surface area contributed by atoms with Gasteiger partial charge in [0.2, 0.25) is 0 Å². The number of aliphatic hydroxyl groups is 1. The fraction of sp³-hybridized carbons (Fsp3) is 0.800. The fourth-order valence-corrected chi connectivity index (χ4v) is 0.377. The first kappa shape index (κ1) is 8.39. The molecule has 0 aliphatic carbocycles. The lowest BCUT2D eigenvalue weighted by atomic mass is 10.4. The second-order valence-electron chi connectivity index (χ2n) is 1.43. The van der Waals surface area contributed by atoms with Crippen molar-refractivity contribution in [3.63, 3.8) is 0 Å². The molecule has 0 aliphatic rings. The molecule has 0 rings (SSSR count). The van der Waals surface area contributed by atoms with Gasteiger partial charge in [0.05, 0.1) is 13.7 Å². The van der Waals surface area contributed by atoms with E-state index in [9.17, 15) is 4.79 Å². The average molecular weight is 134 g/mol. The molecule has 0 aliphatic heterocycles. The molecule has 0 saturated carbocycles. The smallest absolute Gasteiger partial charge is 0.337 e. The highest BCUT2D eigenvalue weighted by atomic mass is 16.6. The highest BCUT2D eigenvalue weighted by Gasteiger charge is 2.15. The molecule has 54 valence electrons. The Morgan fingerprint density at radius 2 is 2.22 bits per heavy atom. The third-order valence-corrected chi connectivity index (χ3v) is 0.914. The third-order valence-electron chi connectivity index (χ3n) is 0.914. The number of carbonyl (C=O) groups excluding carboxylic acids is 1. The summed E-state index contributed by atoms with van der Waals surface area (Å²) in [5, 5.41) is 8.40. The summed E-state index contributed by atoms with van der Waals surface area (Å²) in [5.74, 6) is -0.556. The van der Waals surface area contributed by atoms with E-state index < -0.39 is 12.1 Å². The number of carbonyl (C=O) groups is 1. The maximum Gasteiger partial charge on any atom is 0.337 e. The predicted octanol–water partition coefficient (Wildman–Crippen LogP) is -0.833. The first-order valence-electron chi connectivity index (χ1n) is 2.47. The van der Waals surface area contributed by atoms with Crippen LogP contribution in [0.5, 0.6) is 0 Å². The third kappa shape index (κ3) is 2.43. The summed E-state index contributed by atoms with van der Waals surface area (Å²) >= 11 is 0. The van der Waals surface area contributed by atoms with Crippen LogP contribution < -0.4 is 0 Å². The van der Waals surface area contributed by atoms with Gasteiger partial charge in [0.1, 0.15) is 0 Å². The van der Waals surface area contributed by atoms with Gasteiger partial charge < -0.3 is 14.6 Å². The average Bonchev–Trinajstić information content (AvgIpc) is 1.90. The van der Waals surface area contributed by atoms with Gasteiger partial charge in [-0.3, -0.25) is 0 Å². The van der Waals surface area contributed by atoms with E-state index in [0.29, 0.717) is 0 Å². The van der Waals surface area contributed by atoms with Crippen molar-refractivity contribution in [1.29, 1.82) is 0 Å². The normalized spacial score (nSPS) is 12.8. The van der Waals surface area contributed by atoms with Crippen LogP contribution in [0.2, 0.25) is 0 Å². The first-order chi connectivity index (χ1) is 4.26. The van der Waals surface area contributed by atoms with Crippen LogP contribution in [0.25, 0.3) is 0 Å². The van der Waals surface area contributed by atoms with Crippen molar-refractivity contribution in [1.82, 2.24) is 0 Å². The largest absolute Gasteiger partial charge is 0.467 e. The topological polar surface area (TPSA) is 55.8 Å². The van der Waals surface area contributed by atoms with Crippen LogP contribution in [0, 0.1) is 0 Å². The Bertz CT molecular complexity index is 87.0. The molecule has 9 heavy (non-hydrogen) atoms. The van der Waals surface area contributed by atoms with Crippen LogP contribution >= 0.6 is 0 Å². The summed E-state index contributed by atoms with van der Waals surface area (Å²) in [6.07, 6.45) is -0.838. The summed E-state index contributed by atoms with van der Waals surface area (Å²) in [5.41, 5.74) is 0. The highest BCUT2D eigenvalue weighted by molar-refractivity contribution is 5.74. The van der Waals surface area contributed by atoms with Gasteiger partial charge in [0, 0.05) is 7.11 Å². The van der Waals surface area contributed by atoms with Crippen LogP contribution in [0.15, 0.2) is 0 Å². The Hall–Kier alpha value is -0.610. The molecule has 0 radical (unpaired) electrons. The number of hydrogen-bond donors (Lipinski definition) is 1. The molecule has 0 amide bonds. The van der Waals surface area contributed by atoms with Crippen molar-refractivity contribution in [2.24, 2.45) is 0 Å². The zero-order chi connectivity index (χ0) is 7.28. The second-order valence-corrected chi connectivity index (χ2v) is 1.43. The molecule has 0 unspecified atom stereocenters. The van der Waals surface area contributed by atoms with Crippen LogP contribution in [0.4, 0.5) is 0 Å². The fourth-order valence-electron chi connectivity index (χ4n) is 0.377. The van der Waals surface area contributed by atoms with E-state index in [1.807, 2.05) is 0 Å². The van der Waals surface area contributed by atoms with Gasteiger partial charge in [0.25, 0.3) is 0 Å². The Labute approximate surface area is 53.4 Å². The number of rotatable bonds is 3. The molecule has 1 N–H and O–H groups in total. The molecule has 4 nitrogen and oxygen atoms in total. The van der Waals surface area contributed by atoms with Crippen molar-refractivity contribution < 1.29 is 19.4 Å². The van der Waals surface area contributed by atoms with Gasteiger partial charge in [-0.25, -0.2) is 4.79 Å². The lowest BCUT2D eigenvalue weighted by Gasteiger charge is -2.07. The highest BCUT2D eigenvalue weighted by Crippen LogP contribution is 1.89. The summed E-state index contributed by atoms with van der Waals surface area (Å²) < 4.78 is 8.80. The standard InChI is InChI=1S/C5H10O4/c1-8-4(3-6)5(7)9-2/h4,6H,3H2,1-2H3/t4-/m1/s1. The second kappa shape index (κ2) is 4.29. The van der Waals surface area contributed by atoms with Gasteiger partial charge in [-0.1, -0.05) is 0 Å². The summed E-state index contributed by atoms with van der Waals surface area (Å²) in [4.78, 5) is 10.5. The Kier molecular flexibility index (Phi) is 4.00. The molecular weight excluding hydrogens is 124 g/mol. The Morgan fingerprint density at radius 1 is 1.67 bits per heavy atom. The van der Waals surface area contributed by atoms with Crippen molar-refractivity contribution in [3.8, 4) is 0 Å². The van der Waals surface area contributed by atoms with Crippen LogP contribution in [-0.4, -0.2) is 38.0 Å². The van der Waals surface area contributed by atoms with E-state index in [1.54, 1.807) is 0 Å². The molecule has 0 bridgehead atoms. The predicted molar refractivity (Wildman–Crippen MR) is 29.9 cm³/mol. The quantitative estimate of drug-likeness (QED) is 0.512. The van der Waals surface area contributed by atoms with Crippen LogP contribution in [-0.2, 0) is 14.3 Å². The summed E-state index contributed by atoms with van der Waals surface area (Å²) in [6, 6.07) is 0. The molecule has 1 atom stereocenters. The number of aliphatic hydroxyl groups excluding tert-OH is 1. The zero-order valence-electron chi connectivity index (χ0n) is 5.46. The minimum absolute atomic E-state index is 0.344. The van der Waals surface area contributed by atoms with Gasteiger partial charge in [-0.05, 0) is 0 Å². The first-order valence-corrected chi connectivity index (χ1v) is 2.47. The monoisotopic (exact) mass is 134 g/mol. The molecule has 0 aromatic carbocycles. The molecular formula is C5H10O4. The Morgan fingerprint density at radius 3 is 2.33 bits per heavy atom. The molecule has 4 heteroatoms. The van der Waals surface area contributed by atoms with Crippen LogP contribution in [0.1, 0.15) is 0 Å². The molecule has 0 aromatic rings. The number of methoxy groups -OCH3 is 2. The van der Waals surface area contributed by atoms with Gasteiger partial charge in [0.15, 0.2) is 6.10 Å². The van der Waals surface area contributed by atoms with E-state index in [0.717, 1.165) is 0 Å². The van der Waals surface area contributed by atoms with Crippen molar-refractivity contribution in [3.05, 3.63) is 0 Å². The molecule has 0 aromatic heterocycles. The maximum atomic E-state index is 10.5. The number of esters is 1. The maximum absolute atomic E-state index is 10.5. The molecule has 0 heterocycles. The molecule has 0 fully saturated rings. The minimum atomic E-state index is -0.838. The van der Waals surface area contributed by atoms with E-state index in [2.05, 4.69) is 9.47 Å².